The third kappa shape index (κ3) is 3.03. The number of nitrogens with one attached hydrogen (secondary N) is 1. The second-order valence-electron chi connectivity index (χ2n) is 3.77. The van der Waals surface area contributed by atoms with Crippen LogP contribution >= 0.6 is 0 Å². The third-order valence-corrected chi connectivity index (χ3v) is 2.99. The quantitative estimate of drug-likeness (QED) is 0.425. The molecule has 0 atom stereocenters. The Morgan fingerprint density at radius 2 is 1.76 bits per heavy atom. The van der Waals surface area contributed by atoms with Gasteiger partial charge in [0.1, 0.15) is 0 Å². The average molecular weight is 244 g/mol. The standard InChI is InChI=1S/C9H14N2O4.C2H6/c1-3-9(8(14)10-15)4-6(12)11(2)7(13)5-9;1-2/h15H,3-5H2,1-2H3,(H,10,14);1-2H3. The highest BCUT2D eigenvalue weighted by Gasteiger charge is 2.46. The molecule has 0 aromatic heterocycles. The molecule has 1 fully saturated rings. The van der Waals surface area contributed by atoms with Crippen molar-refractivity contribution >= 4 is 17.7 Å². The van der Waals surface area contributed by atoms with Gasteiger partial charge in [-0.25, -0.2) is 5.48 Å². The van der Waals surface area contributed by atoms with Gasteiger partial charge < -0.3 is 0 Å². The second kappa shape index (κ2) is 6.34. The summed E-state index contributed by atoms with van der Waals surface area (Å²) in [7, 11) is 1.39. The molecule has 0 aromatic carbocycles. The highest BCUT2D eigenvalue weighted by atomic mass is 16.5. The predicted octanol–water partition coefficient (Wildman–Crippen LogP) is 0.693. The first-order valence-electron chi connectivity index (χ1n) is 5.71. The Labute approximate surface area is 101 Å². The summed E-state index contributed by atoms with van der Waals surface area (Å²) in [4.78, 5) is 35.3. The van der Waals surface area contributed by atoms with Crippen molar-refractivity contribution < 1.29 is 19.6 Å². The summed E-state index contributed by atoms with van der Waals surface area (Å²) in [5.41, 5.74) is 0.433. The van der Waals surface area contributed by atoms with E-state index in [1.807, 2.05) is 13.8 Å². The van der Waals surface area contributed by atoms with Crippen molar-refractivity contribution in [3.8, 4) is 0 Å². The Balaban J connectivity index is 0.00000121. The van der Waals surface area contributed by atoms with Crippen molar-refractivity contribution in [2.75, 3.05) is 7.05 Å². The predicted molar refractivity (Wildman–Crippen MR) is 61.0 cm³/mol. The molecule has 98 valence electrons. The molecule has 1 rings (SSSR count). The van der Waals surface area contributed by atoms with E-state index in [2.05, 4.69) is 0 Å². The number of hydrogen-bond acceptors (Lipinski definition) is 4. The molecular weight excluding hydrogens is 224 g/mol. The fourth-order valence-corrected chi connectivity index (χ4v) is 1.71. The number of rotatable bonds is 2. The fourth-order valence-electron chi connectivity index (χ4n) is 1.71. The summed E-state index contributed by atoms with van der Waals surface area (Å²) in [6.07, 6.45) is 0.251. The Morgan fingerprint density at radius 1 is 1.35 bits per heavy atom. The summed E-state index contributed by atoms with van der Waals surface area (Å²) in [5.74, 6) is -1.45. The molecule has 2 N–H and O–H groups in total. The van der Waals surface area contributed by atoms with Crippen molar-refractivity contribution in [2.45, 2.75) is 40.0 Å². The lowest BCUT2D eigenvalue weighted by molar-refractivity contribution is -0.160. The summed E-state index contributed by atoms with van der Waals surface area (Å²) in [6, 6.07) is 0. The van der Waals surface area contributed by atoms with Crippen LogP contribution in [-0.4, -0.2) is 34.9 Å². The number of nitrogens with zero attached hydrogens (tertiary/aromatic N) is 1. The van der Waals surface area contributed by atoms with Crippen LogP contribution in [0.1, 0.15) is 40.0 Å². The zero-order chi connectivity index (χ0) is 13.6. The molecule has 0 unspecified atom stereocenters. The molecule has 0 saturated carbocycles. The molecule has 6 nitrogen and oxygen atoms in total. The van der Waals surface area contributed by atoms with Gasteiger partial charge in [-0.2, -0.15) is 0 Å². The summed E-state index contributed by atoms with van der Waals surface area (Å²) < 4.78 is 0. The van der Waals surface area contributed by atoms with Gasteiger partial charge in [-0.3, -0.25) is 24.5 Å². The molecule has 1 saturated heterocycles. The first-order valence-corrected chi connectivity index (χ1v) is 5.71. The van der Waals surface area contributed by atoms with Gasteiger partial charge in [0.05, 0.1) is 5.41 Å². The Morgan fingerprint density at radius 3 is 2.06 bits per heavy atom. The molecule has 0 aliphatic carbocycles. The minimum atomic E-state index is -1.09. The largest absolute Gasteiger partial charge is 0.289 e. The van der Waals surface area contributed by atoms with E-state index in [0.717, 1.165) is 4.90 Å². The van der Waals surface area contributed by atoms with Gasteiger partial charge in [0, 0.05) is 19.9 Å². The van der Waals surface area contributed by atoms with E-state index >= 15 is 0 Å². The van der Waals surface area contributed by atoms with Gasteiger partial charge in [0.15, 0.2) is 0 Å². The highest BCUT2D eigenvalue weighted by molar-refractivity contribution is 6.03. The Hall–Kier alpha value is -1.43. The molecule has 0 aromatic rings. The van der Waals surface area contributed by atoms with Gasteiger partial charge in [0.2, 0.25) is 11.8 Å². The normalized spacial score (nSPS) is 18.3. The summed E-state index contributed by atoms with van der Waals surface area (Å²) in [6.45, 7) is 5.71. The van der Waals surface area contributed by atoms with Crippen LogP contribution in [0.2, 0.25) is 0 Å². The van der Waals surface area contributed by atoms with Crippen molar-refractivity contribution in [3.05, 3.63) is 0 Å². The Bertz CT molecular complexity index is 297. The Kier molecular flexibility index (Phi) is 5.81. The van der Waals surface area contributed by atoms with Crippen LogP contribution < -0.4 is 5.48 Å². The van der Waals surface area contributed by atoms with Gasteiger partial charge in [-0.05, 0) is 6.42 Å². The maximum Gasteiger partial charge on any atom is 0.250 e. The minimum Gasteiger partial charge on any atom is -0.289 e. The maximum absolute atomic E-state index is 11.4. The monoisotopic (exact) mass is 244 g/mol. The van der Waals surface area contributed by atoms with Gasteiger partial charge in [-0.1, -0.05) is 20.8 Å². The molecule has 17 heavy (non-hydrogen) atoms. The van der Waals surface area contributed by atoms with Crippen LogP contribution in [0.15, 0.2) is 0 Å². The zero-order valence-corrected chi connectivity index (χ0v) is 10.7. The maximum atomic E-state index is 11.4. The molecule has 0 radical (unpaired) electrons. The van der Waals surface area contributed by atoms with Crippen LogP contribution in [0.3, 0.4) is 0 Å². The molecular formula is C11H20N2O4. The minimum absolute atomic E-state index is 0.0435. The lowest BCUT2D eigenvalue weighted by Crippen LogP contribution is -2.51. The first-order chi connectivity index (χ1) is 7.96. The van der Waals surface area contributed by atoms with E-state index in [-0.39, 0.29) is 12.8 Å². The van der Waals surface area contributed by atoms with Crippen LogP contribution in [0.4, 0.5) is 0 Å². The van der Waals surface area contributed by atoms with Crippen LogP contribution in [-0.2, 0) is 14.4 Å². The molecule has 1 aliphatic rings. The number of likely N-dealkylation sites (tertiary alicyclic amines) is 1. The average Bonchev–Trinajstić information content (AvgIpc) is 2.36. The van der Waals surface area contributed by atoms with Crippen molar-refractivity contribution in [2.24, 2.45) is 5.41 Å². The number of carbonyl (C=O) groups is 3. The van der Waals surface area contributed by atoms with Crippen molar-refractivity contribution in [1.29, 1.82) is 0 Å². The van der Waals surface area contributed by atoms with E-state index in [0.29, 0.717) is 6.42 Å². The topological polar surface area (TPSA) is 86.7 Å². The number of amides is 3. The molecule has 0 spiro atoms. The smallest absolute Gasteiger partial charge is 0.250 e. The van der Waals surface area contributed by atoms with Crippen molar-refractivity contribution in [1.82, 2.24) is 10.4 Å². The highest BCUT2D eigenvalue weighted by Crippen LogP contribution is 2.35. The number of imide groups is 1. The number of piperidine rings is 1. The third-order valence-electron chi connectivity index (χ3n) is 2.99. The lowest BCUT2D eigenvalue weighted by Gasteiger charge is -2.35. The number of hydrogen-bond donors (Lipinski definition) is 2. The van der Waals surface area contributed by atoms with Gasteiger partial charge >= 0.3 is 0 Å². The molecule has 3 amide bonds. The van der Waals surface area contributed by atoms with E-state index < -0.39 is 23.1 Å². The molecule has 1 heterocycles. The van der Waals surface area contributed by atoms with Crippen LogP contribution in [0, 0.1) is 5.41 Å². The van der Waals surface area contributed by atoms with Crippen LogP contribution in [0.5, 0.6) is 0 Å². The molecule has 0 bridgehead atoms. The molecule has 1 aliphatic heterocycles. The summed E-state index contributed by atoms with van der Waals surface area (Å²) in [5, 5.41) is 8.59. The SMILES string of the molecule is CC.CCC1(C(=O)NO)CC(=O)N(C)C(=O)C1. The van der Waals surface area contributed by atoms with E-state index in [9.17, 15) is 14.4 Å². The van der Waals surface area contributed by atoms with Gasteiger partial charge in [-0.15, -0.1) is 0 Å². The van der Waals surface area contributed by atoms with E-state index in [1.54, 1.807) is 6.92 Å². The lowest BCUT2D eigenvalue weighted by atomic mass is 9.75. The first kappa shape index (κ1) is 15.6. The van der Waals surface area contributed by atoms with E-state index in [4.69, 9.17) is 5.21 Å². The molecule has 6 heteroatoms. The summed E-state index contributed by atoms with van der Waals surface area (Å²) >= 11 is 0. The second-order valence-corrected chi connectivity index (χ2v) is 3.77. The van der Waals surface area contributed by atoms with Crippen molar-refractivity contribution in [3.63, 3.8) is 0 Å². The van der Waals surface area contributed by atoms with Gasteiger partial charge in [0.25, 0.3) is 5.91 Å². The number of carbonyl (C=O) groups excluding carboxylic acids is 3. The fraction of sp³-hybridized carbons (Fsp3) is 0.727. The zero-order valence-electron chi connectivity index (χ0n) is 10.7. The van der Waals surface area contributed by atoms with Crippen LogP contribution in [0.25, 0.3) is 0 Å². The number of hydroxylamine groups is 1. The van der Waals surface area contributed by atoms with E-state index in [1.165, 1.54) is 12.5 Å².